The van der Waals surface area contributed by atoms with Crippen molar-refractivity contribution in [2.45, 2.75) is 13.5 Å². The number of aromatic nitrogens is 2. The van der Waals surface area contributed by atoms with Crippen LogP contribution in [-0.4, -0.2) is 9.97 Å². The molecule has 0 unspecified atom stereocenters. The summed E-state index contributed by atoms with van der Waals surface area (Å²) in [5, 5.41) is 7.55. The number of nitrogens with one attached hydrogen (secondary N) is 2. The zero-order chi connectivity index (χ0) is 9.10. The molecule has 0 bridgehead atoms. The molecule has 0 radical (unpaired) electrons. The normalized spacial score (nSPS) is 10.2. The van der Waals surface area contributed by atoms with Gasteiger partial charge < -0.3 is 10.3 Å². The Kier molecular flexibility index (Phi) is 2.31. The smallest absolute Gasteiger partial charge is 0.125 e. The molecule has 0 atom stereocenters. The van der Waals surface area contributed by atoms with Gasteiger partial charge >= 0.3 is 0 Å². The van der Waals surface area contributed by atoms with E-state index < -0.39 is 0 Å². The van der Waals surface area contributed by atoms with Crippen molar-refractivity contribution in [2.24, 2.45) is 0 Å². The van der Waals surface area contributed by atoms with Gasteiger partial charge in [0.25, 0.3) is 0 Å². The van der Waals surface area contributed by atoms with E-state index in [0.717, 1.165) is 12.4 Å². The lowest BCUT2D eigenvalue weighted by atomic mass is 10.3. The fourth-order valence-corrected chi connectivity index (χ4v) is 1.92. The first-order valence-electron chi connectivity index (χ1n) is 4.11. The third-order valence-corrected chi connectivity index (χ3v) is 2.72. The molecule has 2 heterocycles. The second kappa shape index (κ2) is 3.62. The van der Waals surface area contributed by atoms with E-state index in [0.29, 0.717) is 0 Å². The fourth-order valence-electron chi connectivity index (χ4n) is 1.12. The highest BCUT2D eigenvalue weighted by molar-refractivity contribution is 7.08. The molecule has 0 saturated carbocycles. The Balaban J connectivity index is 1.97. The first-order valence-corrected chi connectivity index (χ1v) is 5.05. The molecule has 0 saturated heterocycles. The topological polar surface area (TPSA) is 40.7 Å². The monoisotopic (exact) mass is 193 g/mol. The predicted molar refractivity (Wildman–Crippen MR) is 55.0 cm³/mol. The van der Waals surface area contributed by atoms with Gasteiger partial charge in [0.2, 0.25) is 0 Å². The number of nitrogens with zero attached hydrogens (tertiary/aromatic N) is 1. The molecule has 0 aliphatic carbocycles. The van der Waals surface area contributed by atoms with Crippen molar-refractivity contribution >= 4 is 17.0 Å². The van der Waals surface area contributed by atoms with Gasteiger partial charge in [0.05, 0.1) is 6.54 Å². The van der Waals surface area contributed by atoms with E-state index in [1.54, 1.807) is 17.5 Å². The van der Waals surface area contributed by atoms with Crippen LogP contribution < -0.4 is 5.32 Å². The maximum Gasteiger partial charge on any atom is 0.125 e. The number of hydrogen-bond acceptors (Lipinski definition) is 3. The molecule has 3 nitrogen and oxygen atoms in total. The summed E-state index contributed by atoms with van der Waals surface area (Å²) in [4.78, 5) is 7.18. The van der Waals surface area contributed by atoms with E-state index >= 15 is 0 Å². The summed E-state index contributed by atoms with van der Waals surface area (Å²) in [5.74, 6) is 0.964. The zero-order valence-corrected chi connectivity index (χ0v) is 8.19. The lowest BCUT2D eigenvalue weighted by molar-refractivity contribution is 0.999. The lowest BCUT2D eigenvalue weighted by Crippen LogP contribution is -2.00. The average Bonchev–Trinajstić information content (AvgIpc) is 2.72. The highest BCUT2D eigenvalue weighted by Crippen LogP contribution is 2.19. The van der Waals surface area contributed by atoms with Gasteiger partial charge in [-0.1, -0.05) is 0 Å². The molecule has 68 valence electrons. The number of imidazole rings is 1. The molecule has 2 rings (SSSR count). The highest BCUT2D eigenvalue weighted by atomic mass is 32.1. The Hall–Kier alpha value is -1.29. The van der Waals surface area contributed by atoms with Gasteiger partial charge in [-0.05, 0) is 17.9 Å². The van der Waals surface area contributed by atoms with Crippen LogP contribution in [0.15, 0.2) is 23.2 Å². The SMILES string of the molecule is Cc1cscc1NCc1ncc[nH]1. The molecule has 0 aromatic carbocycles. The first-order chi connectivity index (χ1) is 6.36. The third kappa shape index (κ3) is 1.89. The summed E-state index contributed by atoms with van der Waals surface area (Å²) in [5.41, 5.74) is 2.48. The second-order valence-corrected chi connectivity index (χ2v) is 3.60. The Morgan fingerprint density at radius 3 is 3.08 bits per heavy atom. The Labute approximate surface area is 80.8 Å². The van der Waals surface area contributed by atoms with Crippen LogP contribution in [0.25, 0.3) is 0 Å². The van der Waals surface area contributed by atoms with Crippen LogP contribution in [-0.2, 0) is 6.54 Å². The van der Waals surface area contributed by atoms with E-state index in [-0.39, 0.29) is 0 Å². The fraction of sp³-hybridized carbons (Fsp3) is 0.222. The van der Waals surface area contributed by atoms with E-state index in [9.17, 15) is 0 Å². The predicted octanol–water partition coefficient (Wildman–Crippen LogP) is 2.39. The summed E-state index contributed by atoms with van der Waals surface area (Å²) in [6.45, 7) is 2.85. The zero-order valence-electron chi connectivity index (χ0n) is 7.37. The van der Waals surface area contributed by atoms with E-state index in [2.05, 4.69) is 33.0 Å². The number of hydrogen-bond donors (Lipinski definition) is 2. The third-order valence-electron chi connectivity index (χ3n) is 1.86. The molecular formula is C9H11N3S. The van der Waals surface area contributed by atoms with Gasteiger partial charge in [0.15, 0.2) is 0 Å². The van der Waals surface area contributed by atoms with Gasteiger partial charge in [-0.25, -0.2) is 4.98 Å². The highest BCUT2D eigenvalue weighted by Gasteiger charge is 1.98. The van der Waals surface area contributed by atoms with Gasteiger partial charge in [0, 0.05) is 23.5 Å². The first kappa shape index (κ1) is 8.31. The minimum atomic E-state index is 0.755. The molecule has 0 fully saturated rings. The second-order valence-electron chi connectivity index (χ2n) is 2.86. The lowest BCUT2D eigenvalue weighted by Gasteiger charge is -2.02. The molecule has 0 aliphatic rings. The Morgan fingerprint density at radius 1 is 1.54 bits per heavy atom. The quantitative estimate of drug-likeness (QED) is 0.785. The van der Waals surface area contributed by atoms with Gasteiger partial charge in [0.1, 0.15) is 5.82 Å². The maximum absolute atomic E-state index is 4.13. The summed E-state index contributed by atoms with van der Waals surface area (Å²) in [7, 11) is 0. The van der Waals surface area contributed by atoms with Crippen LogP contribution in [0.2, 0.25) is 0 Å². The Bertz CT molecular complexity index is 364. The van der Waals surface area contributed by atoms with E-state index in [1.165, 1.54) is 11.3 Å². The standard InChI is InChI=1S/C9H11N3S/c1-7-5-13-6-8(7)12-4-9-10-2-3-11-9/h2-3,5-6,12H,4H2,1H3,(H,10,11). The molecule has 4 heteroatoms. The van der Waals surface area contributed by atoms with Crippen LogP contribution >= 0.6 is 11.3 Å². The molecule has 2 aromatic heterocycles. The van der Waals surface area contributed by atoms with Crippen molar-refractivity contribution in [1.29, 1.82) is 0 Å². The molecule has 0 spiro atoms. The molecule has 0 aliphatic heterocycles. The van der Waals surface area contributed by atoms with Crippen molar-refractivity contribution in [1.82, 2.24) is 9.97 Å². The minimum absolute atomic E-state index is 0.755. The van der Waals surface area contributed by atoms with Crippen molar-refractivity contribution in [3.05, 3.63) is 34.5 Å². The summed E-state index contributed by atoms with van der Waals surface area (Å²) in [6.07, 6.45) is 3.59. The van der Waals surface area contributed by atoms with Crippen LogP contribution in [0, 0.1) is 6.92 Å². The molecule has 2 N–H and O–H groups in total. The van der Waals surface area contributed by atoms with E-state index in [1.807, 2.05) is 6.20 Å². The maximum atomic E-state index is 4.13. The summed E-state index contributed by atoms with van der Waals surface area (Å²) >= 11 is 1.71. The van der Waals surface area contributed by atoms with Crippen LogP contribution in [0.5, 0.6) is 0 Å². The van der Waals surface area contributed by atoms with Crippen molar-refractivity contribution < 1.29 is 0 Å². The average molecular weight is 193 g/mol. The van der Waals surface area contributed by atoms with Gasteiger partial charge in [-0.2, -0.15) is 0 Å². The van der Waals surface area contributed by atoms with Gasteiger partial charge in [-0.15, -0.1) is 11.3 Å². The van der Waals surface area contributed by atoms with E-state index in [4.69, 9.17) is 0 Å². The number of anilines is 1. The molecular weight excluding hydrogens is 182 g/mol. The Morgan fingerprint density at radius 2 is 2.46 bits per heavy atom. The van der Waals surface area contributed by atoms with Crippen molar-refractivity contribution in [2.75, 3.05) is 5.32 Å². The van der Waals surface area contributed by atoms with Crippen LogP contribution in [0.1, 0.15) is 11.4 Å². The van der Waals surface area contributed by atoms with Crippen LogP contribution in [0.4, 0.5) is 5.69 Å². The number of thiophene rings is 1. The van der Waals surface area contributed by atoms with Crippen LogP contribution in [0.3, 0.4) is 0 Å². The molecule has 2 aromatic rings. The summed E-state index contributed by atoms with van der Waals surface area (Å²) < 4.78 is 0. The van der Waals surface area contributed by atoms with Crippen molar-refractivity contribution in [3.8, 4) is 0 Å². The number of aryl methyl sites for hydroxylation is 1. The summed E-state index contributed by atoms with van der Waals surface area (Å²) in [6, 6.07) is 0. The van der Waals surface area contributed by atoms with Gasteiger partial charge in [-0.3, -0.25) is 0 Å². The van der Waals surface area contributed by atoms with Crippen molar-refractivity contribution in [3.63, 3.8) is 0 Å². The minimum Gasteiger partial charge on any atom is -0.377 e. The number of aromatic amines is 1. The number of H-pyrrole nitrogens is 1. The molecule has 13 heavy (non-hydrogen) atoms. The number of rotatable bonds is 3. The largest absolute Gasteiger partial charge is 0.377 e. The molecule has 0 amide bonds.